The first kappa shape index (κ1) is 9.06. The van der Waals surface area contributed by atoms with Crippen molar-refractivity contribution >= 4 is 11.7 Å². The van der Waals surface area contributed by atoms with Crippen LogP contribution < -0.4 is 11.6 Å². The summed E-state index contributed by atoms with van der Waals surface area (Å²) in [5.41, 5.74) is 4.98. The predicted molar refractivity (Wildman–Crippen MR) is 35.6 cm³/mol. The van der Waals surface area contributed by atoms with E-state index in [4.69, 9.17) is 11.6 Å². The monoisotopic (exact) mass is 145 g/mol. The van der Waals surface area contributed by atoms with Crippen LogP contribution in [0, 0.1) is 0 Å². The Kier molecular flexibility index (Phi) is 3.60. The van der Waals surface area contributed by atoms with Gasteiger partial charge in [-0.1, -0.05) is 0 Å². The number of carbonyl (C=O) groups is 2. The molecular weight excluding hydrogens is 134 g/mol. The maximum Gasteiger partial charge on any atom is 0.233 e. The Bertz CT molecular complexity index is 146. The number of nitrogens with two attached hydrogens (primary N) is 2. The Labute approximate surface area is 58.9 Å². The first-order valence-electron chi connectivity index (χ1n) is 2.82. The summed E-state index contributed by atoms with van der Waals surface area (Å²) in [6.07, 6.45) is 0. The molecule has 4 N–H and O–H groups in total. The molecule has 10 heavy (non-hydrogen) atoms. The zero-order valence-corrected chi connectivity index (χ0v) is 5.83. The van der Waals surface area contributed by atoms with E-state index in [1.54, 1.807) is 0 Å². The molecule has 0 aliphatic heterocycles. The van der Waals surface area contributed by atoms with E-state index in [9.17, 15) is 9.59 Å². The molecule has 0 rings (SSSR count). The van der Waals surface area contributed by atoms with Gasteiger partial charge in [-0.15, -0.1) is 0 Å². The second-order valence-corrected chi connectivity index (χ2v) is 1.89. The fraction of sp³-hybridized carbons (Fsp3) is 0.600. The van der Waals surface area contributed by atoms with E-state index in [1.165, 1.54) is 6.92 Å². The summed E-state index contributed by atoms with van der Waals surface area (Å²) in [7, 11) is 0. The highest BCUT2D eigenvalue weighted by molar-refractivity contribution is 5.86. The minimum atomic E-state index is -0.346. The van der Waals surface area contributed by atoms with E-state index in [1.807, 2.05) is 0 Å². The fourth-order valence-electron chi connectivity index (χ4n) is 0.366. The summed E-state index contributed by atoms with van der Waals surface area (Å²) in [6.45, 7) is 1.09. The lowest BCUT2D eigenvalue weighted by molar-refractivity contribution is -0.133. The largest absolute Gasteiger partial charge is 0.324 e. The van der Waals surface area contributed by atoms with Gasteiger partial charge in [0, 0.05) is 6.92 Å². The minimum absolute atomic E-state index is 0.0824. The Hall–Kier alpha value is -0.940. The molecule has 5 nitrogen and oxygen atoms in total. The quantitative estimate of drug-likeness (QED) is 0.279. The van der Waals surface area contributed by atoms with Gasteiger partial charge in [-0.25, -0.2) is 5.84 Å². The first-order valence-corrected chi connectivity index (χ1v) is 2.82. The summed E-state index contributed by atoms with van der Waals surface area (Å²) >= 11 is 0. The van der Waals surface area contributed by atoms with Gasteiger partial charge in [0.25, 0.3) is 0 Å². The average Bonchev–Trinajstić information content (AvgIpc) is 1.87. The third kappa shape index (κ3) is 3.16. The van der Waals surface area contributed by atoms with E-state index in [-0.39, 0.29) is 24.8 Å². The van der Waals surface area contributed by atoms with Crippen molar-refractivity contribution in [2.24, 2.45) is 11.6 Å². The van der Waals surface area contributed by atoms with E-state index in [2.05, 4.69) is 0 Å². The summed E-state index contributed by atoms with van der Waals surface area (Å²) < 4.78 is 0. The number of ketones is 1. The number of rotatable bonds is 3. The molecule has 0 aliphatic rings. The molecule has 0 unspecified atom stereocenters. The second-order valence-electron chi connectivity index (χ2n) is 1.89. The van der Waals surface area contributed by atoms with E-state index in [0.717, 1.165) is 5.01 Å². The van der Waals surface area contributed by atoms with Crippen LogP contribution in [-0.4, -0.2) is 29.8 Å². The van der Waals surface area contributed by atoms with Crippen LogP contribution in [0.5, 0.6) is 0 Å². The Balaban J connectivity index is 3.68. The van der Waals surface area contributed by atoms with E-state index in [0.29, 0.717) is 0 Å². The van der Waals surface area contributed by atoms with Crippen molar-refractivity contribution in [1.82, 2.24) is 5.01 Å². The standard InChI is InChI=1S/C5H11N3O2/c1-4(9)8(7)3-5(10)2-6/h2-3,6-7H2,1H3. The Morgan fingerprint density at radius 1 is 1.50 bits per heavy atom. The van der Waals surface area contributed by atoms with Crippen LogP contribution in [0.3, 0.4) is 0 Å². The Morgan fingerprint density at radius 3 is 2.30 bits per heavy atom. The molecule has 58 valence electrons. The maximum absolute atomic E-state index is 10.5. The summed E-state index contributed by atoms with van der Waals surface area (Å²) in [5.74, 6) is 4.50. The van der Waals surface area contributed by atoms with Gasteiger partial charge in [0.05, 0.1) is 13.1 Å². The number of amides is 1. The molecule has 0 aromatic carbocycles. The minimum Gasteiger partial charge on any atom is -0.324 e. The van der Waals surface area contributed by atoms with Crippen molar-refractivity contribution < 1.29 is 9.59 Å². The lowest BCUT2D eigenvalue weighted by atomic mass is 10.4. The van der Waals surface area contributed by atoms with Gasteiger partial charge in [-0.3, -0.25) is 14.6 Å². The molecule has 0 fully saturated rings. The zero-order chi connectivity index (χ0) is 8.15. The van der Waals surface area contributed by atoms with Crippen molar-refractivity contribution in [2.45, 2.75) is 6.92 Å². The van der Waals surface area contributed by atoms with Gasteiger partial charge >= 0.3 is 0 Å². The van der Waals surface area contributed by atoms with Crippen LogP contribution in [-0.2, 0) is 9.59 Å². The maximum atomic E-state index is 10.5. The average molecular weight is 145 g/mol. The van der Waals surface area contributed by atoms with Crippen LogP contribution in [0.1, 0.15) is 6.92 Å². The topological polar surface area (TPSA) is 89.4 Å². The van der Waals surface area contributed by atoms with Gasteiger partial charge in [-0.2, -0.15) is 0 Å². The zero-order valence-electron chi connectivity index (χ0n) is 5.83. The third-order valence-corrected chi connectivity index (χ3v) is 0.979. The fourth-order valence-corrected chi connectivity index (χ4v) is 0.366. The summed E-state index contributed by atoms with van der Waals surface area (Å²) in [4.78, 5) is 20.9. The van der Waals surface area contributed by atoms with Crippen LogP contribution in [0.4, 0.5) is 0 Å². The van der Waals surface area contributed by atoms with Crippen molar-refractivity contribution in [2.75, 3.05) is 13.1 Å². The lowest BCUT2D eigenvalue weighted by Crippen LogP contribution is -2.41. The van der Waals surface area contributed by atoms with E-state index >= 15 is 0 Å². The summed E-state index contributed by atoms with van der Waals surface area (Å²) in [6, 6.07) is 0. The molecule has 0 aromatic rings. The number of hydrogen-bond donors (Lipinski definition) is 2. The van der Waals surface area contributed by atoms with Crippen molar-refractivity contribution in [3.05, 3.63) is 0 Å². The lowest BCUT2D eigenvalue weighted by Gasteiger charge is -2.11. The van der Waals surface area contributed by atoms with Gasteiger partial charge in [0.1, 0.15) is 0 Å². The smallest absolute Gasteiger partial charge is 0.233 e. The molecule has 0 radical (unpaired) electrons. The Morgan fingerprint density at radius 2 is 2.00 bits per heavy atom. The second kappa shape index (κ2) is 3.97. The third-order valence-electron chi connectivity index (χ3n) is 0.979. The highest BCUT2D eigenvalue weighted by atomic mass is 16.2. The van der Waals surface area contributed by atoms with E-state index < -0.39 is 0 Å². The highest BCUT2D eigenvalue weighted by Crippen LogP contribution is 1.78. The number of carbonyl (C=O) groups excluding carboxylic acids is 2. The molecule has 1 amide bonds. The number of Topliss-reactive ketones (excluding diaryl/α,β-unsaturated/α-hetero) is 1. The van der Waals surface area contributed by atoms with Crippen LogP contribution in [0.15, 0.2) is 0 Å². The van der Waals surface area contributed by atoms with Crippen molar-refractivity contribution in [3.63, 3.8) is 0 Å². The number of nitrogens with zero attached hydrogens (tertiary/aromatic N) is 1. The molecule has 0 heterocycles. The molecule has 0 spiro atoms. The number of hydrogen-bond acceptors (Lipinski definition) is 4. The van der Waals surface area contributed by atoms with Gasteiger partial charge in [0.15, 0.2) is 5.78 Å². The van der Waals surface area contributed by atoms with Gasteiger partial charge in [-0.05, 0) is 0 Å². The highest BCUT2D eigenvalue weighted by Gasteiger charge is 2.06. The number of hydrazine groups is 1. The molecular formula is C5H11N3O2. The first-order chi connectivity index (χ1) is 4.57. The molecule has 0 aliphatic carbocycles. The van der Waals surface area contributed by atoms with Gasteiger partial charge < -0.3 is 5.73 Å². The molecule has 0 bridgehead atoms. The molecule has 0 atom stereocenters. The predicted octanol–water partition coefficient (Wildman–Crippen LogP) is -1.76. The molecule has 0 saturated carbocycles. The molecule has 0 aromatic heterocycles. The SMILES string of the molecule is CC(=O)N(N)CC(=O)CN. The van der Waals surface area contributed by atoms with Crippen LogP contribution >= 0.6 is 0 Å². The van der Waals surface area contributed by atoms with Crippen LogP contribution in [0.2, 0.25) is 0 Å². The van der Waals surface area contributed by atoms with Gasteiger partial charge in [0.2, 0.25) is 5.91 Å². The molecule has 0 saturated heterocycles. The normalized spacial score (nSPS) is 9.10. The van der Waals surface area contributed by atoms with Crippen LogP contribution in [0.25, 0.3) is 0 Å². The summed E-state index contributed by atoms with van der Waals surface area (Å²) in [5, 5.41) is 0.829. The molecule has 5 heteroatoms. The van der Waals surface area contributed by atoms with Crippen molar-refractivity contribution in [1.29, 1.82) is 0 Å². The van der Waals surface area contributed by atoms with Crippen molar-refractivity contribution in [3.8, 4) is 0 Å².